The molecule has 5 heterocycles. The number of ether oxygens (including phenoxy) is 7. The second-order valence-corrected chi connectivity index (χ2v) is 18.9. The molecule has 4 N–H and O–H groups in total. The van der Waals surface area contributed by atoms with Crippen LogP contribution in [0.15, 0.2) is 30.3 Å². The van der Waals surface area contributed by atoms with Gasteiger partial charge in [0.15, 0.2) is 5.79 Å². The molecule has 13 heteroatoms. The number of carbonyl (C=O) groups is 2. The smallest absolute Gasteiger partial charge is 0.407 e. The number of hydrogen-bond donors (Lipinski definition) is 4. The molecule has 0 bridgehead atoms. The molecule has 17 atom stereocenters. The number of aliphatic hydroxyl groups is 2. The molecule has 5 aliphatic heterocycles. The number of hydrogen-bond acceptors (Lipinski definition) is 11. The molecule has 5 saturated heterocycles. The highest BCUT2D eigenvalue weighted by Gasteiger charge is 2.62. The summed E-state index contributed by atoms with van der Waals surface area (Å²) in [5.74, 6) is -4.91. The summed E-state index contributed by atoms with van der Waals surface area (Å²) in [6, 6.07) is 9.89. The molecule has 5 aliphatic rings. The Morgan fingerprint density at radius 3 is 2.40 bits per heavy atom. The van der Waals surface area contributed by atoms with Gasteiger partial charge < -0.3 is 53.8 Å². The quantitative estimate of drug-likeness (QED) is 0.167. The lowest BCUT2D eigenvalue weighted by Crippen LogP contribution is -2.57. The lowest BCUT2D eigenvalue weighted by molar-refractivity contribution is -0.336. The third-order valence-corrected chi connectivity index (χ3v) is 14.8. The molecule has 1 spiro atoms. The van der Waals surface area contributed by atoms with Gasteiger partial charge >= 0.3 is 12.1 Å². The van der Waals surface area contributed by atoms with E-state index < -0.39 is 65.2 Å². The second-order valence-electron chi connectivity index (χ2n) is 18.9. The Hall–Kier alpha value is -2.36. The molecular formula is C45H71NO12. The fourth-order valence-electron chi connectivity index (χ4n) is 11.1. The summed E-state index contributed by atoms with van der Waals surface area (Å²) in [7, 11) is 1.52. The Morgan fingerprint density at radius 2 is 1.72 bits per heavy atom. The number of nitrogens with one attached hydrogen (secondary N) is 1. The average molecular weight is 818 g/mol. The van der Waals surface area contributed by atoms with Gasteiger partial charge in [0.2, 0.25) is 5.79 Å². The molecule has 58 heavy (non-hydrogen) atoms. The van der Waals surface area contributed by atoms with Crippen LogP contribution in [0.2, 0.25) is 0 Å². The zero-order chi connectivity index (χ0) is 42.2. The molecule has 1 amide bonds. The van der Waals surface area contributed by atoms with Gasteiger partial charge in [0, 0.05) is 44.2 Å². The Kier molecular flexibility index (Phi) is 14.0. The molecule has 0 aliphatic carbocycles. The van der Waals surface area contributed by atoms with Gasteiger partial charge in [0.05, 0.1) is 59.8 Å². The van der Waals surface area contributed by atoms with Crippen LogP contribution in [-0.4, -0.2) is 113 Å². The highest BCUT2D eigenvalue weighted by atomic mass is 16.7. The summed E-state index contributed by atoms with van der Waals surface area (Å²) in [4.78, 5) is 24.5. The molecule has 328 valence electrons. The number of aliphatic hydroxyl groups excluding tert-OH is 1. The maximum Gasteiger partial charge on any atom is 0.407 e. The second kappa shape index (κ2) is 17.9. The van der Waals surface area contributed by atoms with Gasteiger partial charge in [-0.15, -0.1) is 0 Å². The first kappa shape index (κ1) is 45.2. The van der Waals surface area contributed by atoms with Gasteiger partial charge in [0.1, 0.15) is 6.61 Å². The van der Waals surface area contributed by atoms with Crippen molar-refractivity contribution in [3.05, 3.63) is 35.9 Å². The lowest BCUT2D eigenvalue weighted by atomic mass is 9.78. The summed E-state index contributed by atoms with van der Waals surface area (Å²) in [6.07, 6.45) is 2.52. The maximum absolute atomic E-state index is 12.6. The van der Waals surface area contributed by atoms with Gasteiger partial charge in [0.25, 0.3) is 0 Å². The van der Waals surface area contributed by atoms with Gasteiger partial charge in [-0.1, -0.05) is 71.9 Å². The van der Waals surface area contributed by atoms with E-state index >= 15 is 0 Å². The van der Waals surface area contributed by atoms with E-state index in [0.717, 1.165) is 31.2 Å². The van der Waals surface area contributed by atoms with Crippen LogP contribution in [0.4, 0.5) is 4.79 Å². The third-order valence-electron chi connectivity index (χ3n) is 14.8. The van der Waals surface area contributed by atoms with Crippen molar-refractivity contribution in [3.63, 3.8) is 0 Å². The fourth-order valence-corrected chi connectivity index (χ4v) is 11.1. The zero-order valence-electron chi connectivity index (χ0n) is 36.2. The predicted octanol–water partition coefficient (Wildman–Crippen LogP) is 6.25. The van der Waals surface area contributed by atoms with Crippen molar-refractivity contribution in [2.24, 2.45) is 35.5 Å². The van der Waals surface area contributed by atoms with Crippen LogP contribution >= 0.6 is 0 Å². The number of amides is 1. The van der Waals surface area contributed by atoms with Crippen molar-refractivity contribution in [1.29, 1.82) is 0 Å². The van der Waals surface area contributed by atoms with Crippen molar-refractivity contribution in [1.82, 2.24) is 5.32 Å². The van der Waals surface area contributed by atoms with E-state index in [2.05, 4.69) is 33.0 Å². The van der Waals surface area contributed by atoms with Crippen LogP contribution in [0, 0.1) is 35.5 Å². The molecule has 1 aromatic carbocycles. The summed E-state index contributed by atoms with van der Waals surface area (Å²) in [6.45, 7) is 16.1. The minimum Gasteiger partial charge on any atom is -0.481 e. The highest BCUT2D eigenvalue weighted by molar-refractivity contribution is 5.70. The molecular weight excluding hydrogens is 746 g/mol. The van der Waals surface area contributed by atoms with Crippen molar-refractivity contribution in [3.8, 4) is 0 Å². The normalized spacial score (nSPS) is 43.2. The first-order valence-electron chi connectivity index (χ1n) is 21.9. The molecule has 13 nitrogen and oxygen atoms in total. The maximum atomic E-state index is 12.6. The molecule has 5 fully saturated rings. The van der Waals surface area contributed by atoms with Crippen molar-refractivity contribution < 1.29 is 58.1 Å². The number of rotatable bonds is 14. The topological polar surface area (TPSA) is 171 Å². The number of aliphatic carboxylic acids is 1. The Labute approximate surface area is 345 Å². The van der Waals surface area contributed by atoms with Gasteiger partial charge in [-0.2, -0.15) is 0 Å². The van der Waals surface area contributed by atoms with Crippen LogP contribution in [-0.2, 0) is 44.4 Å². The van der Waals surface area contributed by atoms with Crippen molar-refractivity contribution in [2.45, 2.75) is 179 Å². The zero-order valence-corrected chi connectivity index (χ0v) is 36.2. The number of alkyl carbamates (subject to hydrolysis) is 1. The fraction of sp³-hybridized carbons (Fsp3) is 0.822. The molecule has 1 aromatic rings. The van der Waals surface area contributed by atoms with Gasteiger partial charge in [-0.3, -0.25) is 4.79 Å². The summed E-state index contributed by atoms with van der Waals surface area (Å²) in [5.41, 5.74) is -0.121. The molecule has 0 radical (unpaired) electrons. The summed E-state index contributed by atoms with van der Waals surface area (Å²) >= 11 is 0. The largest absolute Gasteiger partial charge is 0.481 e. The molecule has 1 unspecified atom stereocenters. The van der Waals surface area contributed by atoms with Gasteiger partial charge in [-0.25, -0.2) is 4.79 Å². The van der Waals surface area contributed by atoms with Crippen molar-refractivity contribution in [2.75, 3.05) is 20.3 Å². The molecule has 0 saturated carbocycles. The number of benzene rings is 1. The third kappa shape index (κ3) is 9.12. The van der Waals surface area contributed by atoms with E-state index in [-0.39, 0.29) is 54.5 Å². The van der Waals surface area contributed by atoms with E-state index in [0.29, 0.717) is 38.6 Å². The van der Waals surface area contributed by atoms with Gasteiger partial charge in [-0.05, 0) is 76.2 Å². The first-order chi connectivity index (χ1) is 27.4. The van der Waals surface area contributed by atoms with Crippen molar-refractivity contribution >= 4 is 12.1 Å². The summed E-state index contributed by atoms with van der Waals surface area (Å²) in [5, 5.41) is 35.7. The Balaban J connectivity index is 1.08. The summed E-state index contributed by atoms with van der Waals surface area (Å²) < 4.78 is 45.6. The van der Waals surface area contributed by atoms with E-state index in [4.69, 9.17) is 33.2 Å². The minimum absolute atomic E-state index is 0.106. The van der Waals surface area contributed by atoms with Crippen LogP contribution in [0.3, 0.4) is 0 Å². The SMILES string of the molecule is CC[C@@]1([C@@H]2O[C@@H]([C@@H]3O[C@@](O)(COC(=O)NCCc4ccccc4)[C@H](C)C[C@@H]3C)C[C@@H]2C)CC[C@H]([C@]2(C)CC[C@]3(C[C@H](O)[C@@H](C)[C@@H]([C@@H](C)[C@@H](OC)C(C)C(=O)O)O3)O2)O1. The van der Waals surface area contributed by atoms with Crippen LogP contribution in [0.5, 0.6) is 0 Å². The molecule has 6 rings (SSSR count). The predicted molar refractivity (Wildman–Crippen MR) is 215 cm³/mol. The highest BCUT2D eigenvalue weighted by Crippen LogP contribution is 2.55. The van der Waals surface area contributed by atoms with Crippen LogP contribution in [0.1, 0.15) is 112 Å². The monoisotopic (exact) mass is 817 g/mol. The first-order valence-corrected chi connectivity index (χ1v) is 21.9. The van der Waals surface area contributed by atoms with Crippen LogP contribution < -0.4 is 5.32 Å². The molecule has 0 aromatic heterocycles. The standard InChI is InChI=1S/C45H71NO12/c1-10-43(18-16-35(55-43)42(8)19-20-44(58-42)24-33(47)29(5)38(56-44)30(6)37(52-9)31(7)40(48)49)39-27(3)23-34(54-39)36-26(2)22-28(4)45(51,57-36)25-53-41(50)46-21-17-32-14-12-11-13-15-32/h11-15,26-31,33-39,47,51H,10,16-25H2,1-9H3,(H,46,50)(H,48,49)/t26-,27-,28+,29+,30-,31?,33-,34+,35+,36+,37+,38-,39+,42-,43-,44+,45-/m0/s1. The number of carbonyl (C=O) groups excluding carboxylic acids is 1. The Bertz CT molecular complexity index is 1550. The van der Waals surface area contributed by atoms with E-state index in [1.165, 1.54) is 7.11 Å². The Morgan fingerprint density at radius 1 is 1.00 bits per heavy atom. The van der Waals surface area contributed by atoms with E-state index in [1.54, 1.807) is 6.92 Å². The number of carboxylic acids is 1. The minimum atomic E-state index is -1.65. The lowest BCUT2D eigenvalue weighted by Gasteiger charge is -2.49. The van der Waals surface area contributed by atoms with Crippen LogP contribution in [0.25, 0.3) is 0 Å². The number of methoxy groups -OCH3 is 1. The van der Waals surface area contributed by atoms with E-state index in [1.807, 2.05) is 51.1 Å². The average Bonchev–Trinajstić information content (AvgIpc) is 3.91. The van der Waals surface area contributed by atoms with E-state index in [9.17, 15) is 24.9 Å². The number of carboxylic acid groups (broad SMARTS) is 1.